The second kappa shape index (κ2) is 4.84. The molecule has 7 heteroatoms. The third-order valence-electron chi connectivity index (χ3n) is 2.66. The largest absolute Gasteiger partial charge is 0.417 e. The Bertz CT molecular complexity index is 706. The Morgan fingerprint density at radius 1 is 1.15 bits per heavy atom. The lowest BCUT2D eigenvalue weighted by atomic mass is 10.1. The Morgan fingerprint density at radius 3 is 2.25 bits per heavy atom. The molecule has 2 aromatic rings. The van der Waals surface area contributed by atoms with Gasteiger partial charge < -0.3 is 5.73 Å². The summed E-state index contributed by atoms with van der Waals surface area (Å²) in [6.07, 6.45) is -4.01. The topological polar surface area (TPSA) is 65.1 Å². The monoisotopic (exact) mass is 282 g/mol. The van der Waals surface area contributed by atoms with Gasteiger partial charge >= 0.3 is 6.18 Å². The van der Waals surface area contributed by atoms with Crippen LogP contribution in [-0.4, -0.2) is 10.5 Å². The molecule has 1 aromatic carbocycles. The number of aromatic nitrogens is 1. The molecule has 0 aliphatic heterocycles. The third kappa shape index (κ3) is 2.56. The molecule has 0 saturated carbocycles. The first-order valence-corrected chi connectivity index (χ1v) is 5.50. The van der Waals surface area contributed by atoms with Crippen molar-refractivity contribution in [2.75, 3.05) is 0 Å². The van der Waals surface area contributed by atoms with Gasteiger partial charge in [-0.15, -0.1) is 0 Å². The number of primary amides is 1. The number of amides is 1. The molecule has 2 rings (SSSR count). The lowest BCUT2D eigenvalue weighted by Gasteiger charge is -2.13. The molecule has 0 fully saturated rings. The van der Waals surface area contributed by atoms with Crippen molar-refractivity contribution in [2.24, 2.45) is 5.73 Å². The number of para-hydroxylation sites is 1. The number of nitrogens with zero attached hydrogens (tertiary/aromatic N) is 1. The summed E-state index contributed by atoms with van der Waals surface area (Å²) in [5.74, 6) is -1.25. The Balaban J connectivity index is 2.73. The minimum Gasteiger partial charge on any atom is -0.366 e. The predicted molar refractivity (Wildman–Crippen MR) is 65.6 cm³/mol. The van der Waals surface area contributed by atoms with Gasteiger partial charge in [0.05, 0.1) is 11.1 Å². The Labute approximate surface area is 111 Å². The van der Waals surface area contributed by atoms with E-state index < -0.39 is 28.8 Å². The number of halogens is 3. The van der Waals surface area contributed by atoms with Gasteiger partial charge in [-0.25, -0.2) is 0 Å². The van der Waals surface area contributed by atoms with Gasteiger partial charge in [-0.05, 0) is 12.1 Å². The molecule has 0 spiro atoms. The van der Waals surface area contributed by atoms with E-state index in [4.69, 9.17) is 5.73 Å². The molecule has 4 nitrogen and oxygen atoms in total. The van der Waals surface area contributed by atoms with Crippen LogP contribution in [-0.2, 0) is 6.18 Å². The lowest BCUT2D eigenvalue weighted by Crippen LogP contribution is -2.27. The van der Waals surface area contributed by atoms with Crippen molar-refractivity contribution in [3.8, 4) is 5.69 Å². The molecular weight excluding hydrogens is 273 g/mol. The fourth-order valence-electron chi connectivity index (χ4n) is 1.75. The van der Waals surface area contributed by atoms with E-state index in [2.05, 4.69) is 0 Å². The Hall–Kier alpha value is -2.57. The Kier molecular flexibility index (Phi) is 3.35. The van der Waals surface area contributed by atoms with E-state index in [0.29, 0.717) is 11.8 Å². The molecule has 1 aromatic heterocycles. The smallest absolute Gasteiger partial charge is 0.366 e. The number of pyridine rings is 1. The number of rotatable bonds is 2. The zero-order chi connectivity index (χ0) is 14.9. The van der Waals surface area contributed by atoms with Crippen molar-refractivity contribution in [3.05, 3.63) is 64.1 Å². The second-order valence-electron chi connectivity index (χ2n) is 4.01. The minimum atomic E-state index is -4.82. The quantitative estimate of drug-likeness (QED) is 0.915. The molecule has 0 aliphatic carbocycles. The van der Waals surface area contributed by atoms with Crippen LogP contribution in [0.1, 0.15) is 15.9 Å². The van der Waals surface area contributed by atoms with Crippen molar-refractivity contribution in [2.45, 2.75) is 6.18 Å². The third-order valence-corrected chi connectivity index (χ3v) is 2.66. The molecular formula is C13H9F3N2O2. The van der Waals surface area contributed by atoms with Crippen molar-refractivity contribution in [3.63, 3.8) is 0 Å². The van der Waals surface area contributed by atoms with Crippen LogP contribution in [0.4, 0.5) is 13.2 Å². The average molecular weight is 282 g/mol. The first-order valence-electron chi connectivity index (χ1n) is 5.50. The number of carbonyl (C=O) groups excluding carboxylic acids is 1. The highest BCUT2D eigenvalue weighted by Gasteiger charge is 2.35. The van der Waals surface area contributed by atoms with E-state index in [0.717, 1.165) is 10.8 Å². The van der Waals surface area contributed by atoms with Gasteiger partial charge in [0, 0.05) is 18.0 Å². The number of hydrogen-bond donors (Lipinski definition) is 1. The number of nitrogens with two attached hydrogens (primary N) is 1. The highest BCUT2D eigenvalue weighted by Crippen LogP contribution is 2.31. The summed E-state index contributed by atoms with van der Waals surface area (Å²) >= 11 is 0. The molecule has 20 heavy (non-hydrogen) atoms. The highest BCUT2D eigenvalue weighted by molar-refractivity contribution is 5.94. The van der Waals surface area contributed by atoms with Crippen LogP contribution in [0.2, 0.25) is 0 Å². The SMILES string of the molecule is NC(=O)c1cn(-c2ccccc2)c(=O)cc1C(F)(F)F. The average Bonchev–Trinajstić information content (AvgIpc) is 2.38. The van der Waals surface area contributed by atoms with Crippen LogP contribution in [0.15, 0.2) is 47.4 Å². The molecule has 0 bridgehead atoms. The summed E-state index contributed by atoms with van der Waals surface area (Å²) in [6, 6.07) is 8.34. The molecule has 1 amide bonds. The number of alkyl halides is 3. The Morgan fingerprint density at radius 2 is 1.75 bits per heavy atom. The maximum absolute atomic E-state index is 12.8. The van der Waals surface area contributed by atoms with Crippen LogP contribution in [0.3, 0.4) is 0 Å². The fraction of sp³-hybridized carbons (Fsp3) is 0.0769. The summed E-state index contributed by atoms with van der Waals surface area (Å²) in [4.78, 5) is 22.9. The maximum atomic E-state index is 12.8. The fourth-order valence-corrected chi connectivity index (χ4v) is 1.75. The van der Waals surface area contributed by atoms with Gasteiger partial charge in [0.2, 0.25) is 0 Å². The predicted octanol–water partition coefficient (Wildman–Crippen LogP) is 1.96. The number of hydrogen-bond acceptors (Lipinski definition) is 2. The van der Waals surface area contributed by atoms with E-state index in [1.807, 2.05) is 0 Å². The summed E-state index contributed by atoms with van der Waals surface area (Å²) in [5, 5.41) is 0. The molecule has 104 valence electrons. The standard InChI is InChI=1S/C13H9F3N2O2/c14-13(15,16)10-6-11(19)18(7-9(10)12(17)20)8-4-2-1-3-5-8/h1-7H,(H2,17,20). The van der Waals surface area contributed by atoms with Crippen molar-refractivity contribution in [1.29, 1.82) is 0 Å². The van der Waals surface area contributed by atoms with E-state index >= 15 is 0 Å². The molecule has 0 saturated heterocycles. The molecule has 0 unspecified atom stereocenters. The summed E-state index contributed by atoms with van der Waals surface area (Å²) in [6.45, 7) is 0. The molecule has 0 aliphatic rings. The molecule has 2 N–H and O–H groups in total. The van der Waals surface area contributed by atoms with Gasteiger partial charge in [0.15, 0.2) is 0 Å². The van der Waals surface area contributed by atoms with Crippen LogP contribution >= 0.6 is 0 Å². The highest BCUT2D eigenvalue weighted by atomic mass is 19.4. The van der Waals surface area contributed by atoms with Crippen LogP contribution in [0.25, 0.3) is 5.69 Å². The van der Waals surface area contributed by atoms with E-state index in [1.54, 1.807) is 18.2 Å². The maximum Gasteiger partial charge on any atom is 0.417 e. The summed E-state index contributed by atoms with van der Waals surface area (Å²) in [7, 11) is 0. The van der Waals surface area contributed by atoms with E-state index in [-0.39, 0.29) is 0 Å². The normalized spacial score (nSPS) is 11.3. The van der Waals surface area contributed by atoms with Crippen molar-refractivity contribution < 1.29 is 18.0 Å². The van der Waals surface area contributed by atoms with Crippen molar-refractivity contribution in [1.82, 2.24) is 4.57 Å². The first kappa shape index (κ1) is 13.9. The van der Waals surface area contributed by atoms with Gasteiger partial charge in [-0.2, -0.15) is 13.2 Å². The van der Waals surface area contributed by atoms with Crippen LogP contribution in [0.5, 0.6) is 0 Å². The first-order chi connectivity index (χ1) is 9.30. The van der Waals surface area contributed by atoms with Crippen LogP contribution < -0.4 is 11.3 Å². The zero-order valence-electron chi connectivity index (χ0n) is 10.0. The number of benzene rings is 1. The van der Waals surface area contributed by atoms with Gasteiger partial charge in [0.25, 0.3) is 11.5 Å². The molecule has 0 atom stereocenters. The zero-order valence-corrected chi connectivity index (χ0v) is 10.0. The van der Waals surface area contributed by atoms with Gasteiger partial charge in [-0.1, -0.05) is 18.2 Å². The van der Waals surface area contributed by atoms with Crippen molar-refractivity contribution >= 4 is 5.91 Å². The van der Waals surface area contributed by atoms with Gasteiger partial charge in [0.1, 0.15) is 0 Å². The molecule has 1 heterocycles. The summed E-state index contributed by atoms with van der Waals surface area (Å²) in [5.41, 5.74) is 2.32. The van der Waals surface area contributed by atoms with E-state index in [1.165, 1.54) is 12.1 Å². The second-order valence-corrected chi connectivity index (χ2v) is 4.01. The minimum absolute atomic E-state index is 0.341. The van der Waals surface area contributed by atoms with E-state index in [9.17, 15) is 22.8 Å². The molecule has 0 radical (unpaired) electrons. The van der Waals surface area contributed by atoms with Gasteiger partial charge in [-0.3, -0.25) is 14.2 Å². The summed E-state index contributed by atoms with van der Waals surface area (Å²) < 4.78 is 39.2. The lowest BCUT2D eigenvalue weighted by molar-refractivity contribution is -0.138. The van der Waals surface area contributed by atoms with Crippen LogP contribution in [0, 0.1) is 0 Å². The number of carbonyl (C=O) groups is 1.